The fraction of sp³-hybridized carbons (Fsp3) is 0.467. The normalized spacial score (nSPS) is 12.0. The van der Waals surface area contributed by atoms with Crippen LogP contribution in [0.4, 0.5) is 11.4 Å². The van der Waals surface area contributed by atoms with Crippen LogP contribution in [0.15, 0.2) is 24.3 Å². The van der Waals surface area contributed by atoms with E-state index in [-0.39, 0.29) is 36.8 Å². The lowest BCUT2D eigenvalue weighted by atomic mass is 10.0. The molecule has 1 rings (SSSR count). The van der Waals surface area contributed by atoms with Crippen LogP contribution < -0.4 is 16.4 Å². The van der Waals surface area contributed by atoms with E-state index >= 15 is 0 Å². The van der Waals surface area contributed by atoms with Gasteiger partial charge in [0.05, 0.1) is 0 Å². The molecule has 6 heteroatoms. The molecule has 0 bridgehead atoms. The van der Waals surface area contributed by atoms with Crippen LogP contribution in [0.1, 0.15) is 20.3 Å². The van der Waals surface area contributed by atoms with E-state index in [0.717, 1.165) is 0 Å². The van der Waals surface area contributed by atoms with E-state index in [9.17, 15) is 9.59 Å². The van der Waals surface area contributed by atoms with E-state index in [1.165, 1.54) is 7.11 Å². The maximum Gasteiger partial charge on any atom is 0.250 e. The minimum absolute atomic E-state index is 0.0141. The van der Waals surface area contributed by atoms with Crippen molar-refractivity contribution in [3.63, 3.8) is 0 Å². The molecule has 0 saturated carbocycles. The lowest BCUT2D eigenvalue weighted by Crippen LogP contribution is -2.31. The monoisotopic (exact) mass is 293 g/mol. The highest BCUT2D eigenvalue weighted by molar-refractivity contribution is 5.94. The Morgan fingerprint density at radius 1 is 1.19 bits per heavy atom. The van der Waals surface area contributed by atoms with Crippen LogP contribution in [-0.4, -0.2) is 31.6 Å². The molecule has 0 heterocycles. The number of nitrogens with two attached hydrogens (primary N) is 1. The maximum atomic E-state index is 11.9. The zero-order chi connectivity index (χ0) is 15.8. The van der Waals surface area contributed by atoms with Crippen LogP contribution >= 0.6 is 0 Å². The average molecular weight is 293 g/mol. The van der Waals surface area contributed by atoms with Gasteiger partial charge in [-0.1, -0.05) is 19.9 Å². The van der Waals surface area contributed by atoms with Crippen LogP contribution in [0.3, 0.4) is 0 Å². The van der Waals surface area contributed by atoms with Gasteiger partial charge in [0.2, 0.25) is 11.8 Å². The lowest BCUT2D eigenvalue weighted by molar-refractivity contribution is -0.119. The van der Waals surface area contributed by atoms with Crippen LogP contribution in [-0.2, 0) is 14.3 Å². The number of rotatable bonds is 7. The summed E-state index contributed by atoms with van der Waals surface area (Å²) >= 11 is 0. The number of hydrogen-bond acceptors (Lipinski definition) is 4. The predicted octanol–water partition coefficient (Wildman–Crippen LogP) is 1.58. The molecule has 0 aliphatic rings. The van der Waals surface area contributed by atoms with Gasteiger partial charge in [-0.2, -0.15) is 0 Å². The number of carbonyl (C=O) groups excluding carboxylic acids is 2. The van der Waals surface area contributed by atoms with Gasteiger partial charge < -0.3 is 21.1 Å². The highest BCUT2D eigenvalue weighted by Gasteiger charge is 2.13. The van der Waals surface area contributed by atoms with Crippen LogP contribution in [0.2, 0.25) is 0 Å². The fourth-order valence-corrected chi connectivity index (χ4v) is 1.66. The number of anilines is 2. The zero-order valence-electron chi connectivity index (χ0n) is 12.7. The van der Waals surface area contributed by atoms with E-state index in [1.54, 1.807) is 24.3 Å². The molecule has 4 N–H and O–H groups in total. The first kappa shape index (κ1) is 17.1. The van der Waals surface area contributed by atoms with Gasteiger partial charge in [-0.3, -0.25) is 9.59 Å². The third-order valence-corrected chi connectivity index (χ3v) is 2.98. The number of nitrogens with one attached hydrogen (secondary N) is 2. The molecule has 0 spiro atoms. The molecule has 0 aromatic heterocycles. The molecule has 116 valence electrons. The van der Waals surface area contributed by atoms with Gasteiger partial charge in [-0.05, 0) is 24.1 Å². The summed E-state index contributed by atoms with van der Waals surface area (Å²) in [5, 5.41) is 5.45. The van der Waals surface area contributed by atoms with Crippen molar-refractivity contribution in [1.29, 1.82) is 0 Å². The van der Waals surface area contributed by atoms with Crippen molar-refractivity contribution in [3.05, 3.63) is 24.3 Å². The van der Waals surface area contributed by atoms with Gasteiger partial charge in [0.1, 0.15) is 6.61 Å². The molecule has 1 aromatic carbocycles. The van der Waals surface area contributed by atoms with E-state index in [4.69, 9.17) is 10.5 Å². The summed E-state index contributed by atoms with van der Waals surface area (Å²) in [5.41, 5.74) is 7.09. The summed E-state index contributed by atoms with van der Waals surface area (Å²) in [6, 6.07) is 6.76. The highest BCUT2D eigenvalue weighted by atomic mass is 16.5. The van der Waals surface area contributed by atoms with Crippen molar-refractivity contribution in [2.45, 2.75) is 26.3 Å². The van der Waals surface area contributed by atoms with Gasteiger partial charge >= 0.3 is 0 Å². The molecule has 21 heavy (non-hydrogen) atoms. The summed E-state index contributed by atoms with van der Waals surface area (Å²) in [7, 11) is 1.45. The summed E-state index contributed by atoms with van der Waals surface area (Å²) in [4.78, 5) is 23.3. The number of carbonyl (C=O) groups is 2. The molecule has 0 radical (unpaired) electrons. The third kappa shape index (κ3) is 6.37. The van der Waals surface area contributed by atoms with E-state index < -0.39 is 0 Å². The summed E-state index contributed by atoms with van der Waals surface area (Å²) < 4.78 is 4.74. The van der Waals surface area contributed by atoms with Gasteiger partial charge in [0.25, 0.3) is 0 Å². The van der Waals surface area contributed by atoms with Crippen molar-refractivity contribution < 1.29 is 14.3 Å². The molecular weight excluding hydrogens is 270 g/mol. The number of amides is 2. The van der Waals surface area contributed by atoms with Crippen molar-refractivity contribution >= 4 is 23.2 Å². The smallest absolute Gasteiger partial charge is 0.250 e. The summed E-state index contributed by atoms with van der Waals surface area (Å²) in [5.74, 6) is -0.144. The zero-order valence-corrected chi connectivity index (χ0v) is 12.7. The Labute approximate surface area is 125 Å². The Hall–Kier alpha value is -1.92. The Kier molecular flexibility index (Phi) is 6.84. The lowest BCUT2D eigenvalue weighted by Gasteiger charge is -2.15. The summed E-state index contributed by atoms with van der Waals surface area (Å²) in [6.45, 7) is 3.94. The minimum atomic E-state index is -0.247. The fourth-order valence-electron chi connectivity index (χ4n) is 1.66. The van der Waals surface area contributed by atoms with Crippen LogP contribution in [0.5, 0.6) is 0 Å². The second-order valence-electron chi connectivity index (χ2n) is 5.22. The van der Waals surface area contributed by atoms with E-state index in [0.29, 0.717) is 11.4 Å². The SMILES string of the molecule is COCC(=O)Nc1cccc(NC(=O)CC(N)C(C)C)c1. The molecule has 0 aliphatic carbocycles. The average Bonchev–Trinajstić information content (AvgIpc) is 2.38. The Bertz CT molecular complexity index is 489. The minimum Gasteiger partial charge on any atom is -0.375 e. The Morgan fingerprint density at radius 3 is 2.29 bits per heavy atom. The maximum absolute atomic E-state index is 11.9. The second kappa shape index (κ2) is 8.39. The first-order valence-corrected chi connectivity index (χ1v) is 6.86. The quantitative estimate of drug-likeness (QED) is 0.711. The van der Waals surface area contributed by atoms with Crippen LogP contribution in [0, 0.1) is 5.92 Å². The van der Waals surface area contributed by atoms with Gasteiger partial charge in [0.15, 0.2) is 0 Å². The van der Waals surface area contributed by atoms with E-state index in [1.807, 2.05) is 13.8 Å². The van der Waals surface area contributed by atoms with Crippen molar-refractivity contribution in [2.24, 2.45) is 11.7 Å². The van der Waals surface area contributed by atoms with Gasteiger partial charge in [0, 0.05) is 30.9 Å². The molecule has 1 unspecified atom stereocenters. The molecule has 2 amide bonds. The second-order valence-corrected chi connectivity index (χ2v) is 5.22. The largest absolute Gasteiger partial charge is 0.375 e. The summed E-state index contributed by atoms with van der Waals surface area (Å²) in [6.07, 6.45) is 0.262. The number of ether oxygens (including phenoxy) is 1. The third-order valence-electron chi connectivity index (χ3n) is 2.98. The van der Waals surface area contributed by atoms with Gasteiger partial charge in [-0.25, -0.2) is 0 Å². The predicted molar refractivity (Wildman–Crippen MR) is 83.0 cm³/mol. The number of hydrogen-bond donors (Lipinski definition) is 3. The number of benzene rings is 1. The standard InChI is InChI=1S/C15H23N3O3/c1-10(2)13(16)8-14(19)17-11-5-4-6-12(7-11)18-15(20)9-21-3/h4-7,10,13H,8-9,16H2,1-3H3,(H,17,19)(H,18,20). The number of methoxy groups -OCH3 is 1. The highest BCUT2D eigenvalue weighted by Crippen LogP contribution is 2.16. The molecule has 0 saturated heterocycles. The Morgan fingerprint density at radius 2 is 1.76 bits per heavy atom. The molecule has 1 aromatic rings. The first-order valence-electron chi connectivity index (χ1n) is 6.86. The van der Waals surface area contributed by atoms with Crippen molar-refractivity contribution in [2.75, 3.05) is 24.4 Å². The molecular formula is C15H23N3O3. The first-order chi connectivity index (χ1) is 9.92. The van der Waals surface area contributed by atoms with E-state index in [2.05, 4.69) is 10.6 Å². The Balaban J connectivity index is 2.60. The van der Waals surface area contributed by atoms with Crippen LogP contribution in [0.25, 0.3) is 0 Å². The topological polar surface area (TPSA) is 93.5 Å². The molecule has 0 fully saturated rings. The molecule has 6 nitrogen and oxygen atoms in total. The molecule has 0 aliphatic heterocycles. The van der Waals surface area contributed by atoms with Crippen molar-refractivity contribution in [3.8, 4) is 0 Å². The van der Waals surface area contributed by atoms with Gasteiger partial charge in [-0.15, -0.1) is 0 Å². The van der Waals surface area contributed by atoms with Crippen molar-refractivity contribution in [1.82, 2.24) is 0 Å². The molecule has 1 atom stereocenters.